The van der Waals surface area contributed by atoms with Gasteiger partial charge in [0.1, 0.15) is 12.4 Å². The van der Waals surface area contributed by atoms with Gasteiger partial charge in [0.2, 0.25) is 5.95 Å². The van der Waals surface area contributed by atoms with E-state index in [0.29, 0.717) is 22.9 Å². The molecule has 1 fully saturated rings. The molecule has 5 heteroatoms. The molecule has 1 aromatic heterocycles. The smallest absolute Gasteiger partial charge is 0.227 e. The second-order valence-corrected chi connectivity index (χ2v) is 4.40. The Balaban J connectivity index is 1.90. The van der Waals surface area contributed by atoms with E-state index in [4.69, 9.17) is 4.74 Å². The largest absolute Gasteiger partial charge is 0.490 e. The van der Waals surface area contributed by atoms with Crippen molar-refractivity contribution >= 4 is 15.9 Å². The molecule has 1 saturated heterocycles. The highest BCUT2D eigenvalue weighted by atomic mass is 79.9. The highest BCUT2D eigenvalue weighted by molar-refractivity contribution is 9.10. The lowest BCUT2D eigenvalue weighted by atomic mass is 10.2. The fourth-order valence-corrected chi connectivity index (χ4v) is 1.91. The Morgan fingerprint density at radius 2 is 2.53 bits per heavy atom. The van der Waals surface area contributed by atoms with Gasteiger partial charge < -0.3 is 10.1 Å². The van der Waals surface area contributed by atoms with Crippen LogP contribution >= 0.6 is 15.9 Å². The molecule has 2 rings (SSSR count). The summed E-state index contributed by atoms with van der Waals surface area (Å²) < 4.78 is 18.7. The van der Waals surface area contributed by atoms with E-state index >= 15 is 0 Å². The highest BCUT2D eigenvalue weighted by Crippen LogP contribution is 2.19. The lowest BCUT2D eigenvalue weighted by molar-refractivity contribution is 0.275. The minimum Gasteiger partial charge on any atom is -0.490 e. The van der Waals surface area contributed by atoms with Gasteiger partial charge >= 0.3 is 0 Å². The van der Waals surface area contributed by atoms with Crippen LogP contribution in [0.1, 0.15) is 12.8 Å². The molecule has 0 aromatic carbocycles. The minimum absolute atomic E-state index is 0.333. The SMILES string of the molecule is Fc1ncc(OCC2CCCN2)cc1Br. The maximum atomic E-state index is 12.8. The average molecular weight is 275 g/mol. The molecule has 82 valence electrons. The van der Waals surface area contributed by atoms with Crippen molar-refractivity contribution in [1.29, 1.82) is 0 Å². The third kappa shape index (κ3) is 2.89. The second-order valence-electron chi connectivity index (χ2n) is 3.55. The molecular weight excluding hydrogens is 263 g/mol. The summed E-state index contributed by atoms with van der Waals surface area (Å²) in [5.41, 5.74) is 0. The lowest BCUT2D eigenvalue weighted by Gasteiger charge is -2.11. The summed E-state index contributed by atoms with van der Waals surface area (Å²) in [5, 5.41) is 3.32. The molecule has 15 heavy (non-hydrogen) atoms. The summed E-state index contributed by atoms with van der Waals surface area (Å²) in [6.07, 6.45) is 3.73. The Morgan fingerprint density at radius 1 is 1.67 bits per heavy atom. The fourth-order valence-electron chi connectivity index (χ4n) is 1.58. The Bertz CT molecular complexity index is 342. The number of nitrogens with one attached hydrogen (secondary N) is 1. The van der Waals surface area contributed by atoms with Crippen molar-refractivity contribution in [1.82, 2.24) is 10.3 Å². The molecule has 0 bridgehead atoms. The molecule has 1 N–H and O–H groups in total. The fraction of sp³-hybridized carbons (Fsp3) is 0.500. The first-order valence-corrected chi connectivity index (χ1v) is 5.72. The predicted octanol–water partition coefficient (Wildman–Crippen LogP) is 2.11. The van der Waals surface area contributed by atoms with Crippen molar-refractivity contribution in [3.05, 3.63) is 22.7 Å². The van der Waals surface area contributed by atoms with E-state index < -0.39 is 5.95 Å². The van der Waals surface area contributed by atoms with Crippen LogP contribution in [-0.2, 0) is 0 Å². The third-order valence-corrected chi connectivity index (χ3v) is 2.94. The summed E-state index contributed by atoms with van der Waals surface area (Å²) in [6, 6.07) is 2.01. The number of aromatic nitrogens is 1. The summed E-state index contributed by atoms with van der Waals surface area (Å²) in [7, 11) is 0. The minimum atomic E-state index is -0.513. The van der Waals surface area contributed by atoms with Crippen molar-refractivity contribution in [2.45, 2.75) is 18.9 Å². The van der Waals surface area contributed by atoms with Gasteiger partial charge in [0.25, 0.3) is 0 Å². The number of ether oxygens (including phenoxy) is 1. The molecule has 1 aliphatic heterocycles. The Morgan fingerprint density at radius 3 is 3.20 bits per heavy atom. The molecule has 1 aromatic rings. The van der Waals surface area contributed by atoms with E-state index in [0.717, 1.165) is 13.0 Å². The van der Waals surface area contributed by atoms with Crippen LogP contribution in [0, 0.1) is 5.95 Å². The lowest BCUT2D eigenvalue weighted by Crippen LogP contribution is -2.28. The van der Waals surface area contributed by atoms with Crippen molar-refractivity contribution < 1.29 is 9.13 Å². The molecular formula is C10H12BrFN2O. The Kier molecular flexibility index (Phi) is 3.53. The van der Waals surface area contributed by atoms with Crippen molar-refractivity contribution in [2.75, 3.05) is 13.2 Å². The van der Waals surface area contributed by atoms with E-state index in [-0.39, 0.29) is 0 Å². The maximum Gasteiger partial charge on any atom is 0.227 e. The molecule has 3 nitrogen and oxygen atoms in total. The zero-order valence-corrected chi connectivity index (χ0v) is 9.76. The summed E-state index contributed by atoms with van der Waals surface area (Å²) in [6.45, 7) is 1.67. The molecule has 0 saturated carbocycles. The number of rotatable bonds is 3. The quantitative estimate of drug-likeness (QED) is 0.858. The van der Waals surface area contributed by atoms with Gasteiger partial charge in [-0.25, -0.2) is 4.98 Å². The van der Waals surface area contributed by atoms with E-state index in [1.807, 2.05) is 0 Å². The second kappa shape index (κ2) is 4.90. The van der Waals surface area contributed by atoms with Gasteiger partial charge in [-0.2, -0.15) is 4.39 Å². The van der Waals surface area contributed by atoms with Crippen LogP contribution in [0.3, 0.4) is 0 Å². The van der Waals surface area contributed by atoms with Crippen LogP contribution in [0.4, 0.5) is 4.39 Å². The first-order chi connectivity index (χ1) is 7.25. The van der Waals surface area contributed by atoms with Crippen LogP contribution in [0.15, 0.2) is 16.7 Å². The van der Waals surface area contributed by atoms with E-state index in [9.17, 15) is 4.39 Å². The number of hydrogen-bond donors (Lipinski definition) is 1. The monoisotopic (exact) mass is 274 g/mol. The van der Waals surface area contributed by atoms with Gasteiger partial charge in [0.05, 0.1) is 10.7 Å². The van der Waals surface area contributed by atoms with Crippen LogP contribution in [-0.4, -0.2) is 24.2 Å². The standard InChI is InChI=1S/C10H12BrFN2O/c11-9-4-8(5-14-10(9)12)15-6-7-2-1-3-13-7/h4-5,7,13H,1-3,6H2. The molecule has 0 amide bonds. The zero-order chi connectivity index (χ0) is 10.7. The van der Waals surface area contributed by atoms with Gasteiger partial charge in [0.15, 0.2) is 0 Å². The van der Waals surface area contributed by atoms with Crippen LogP contribution in [0.2, 0.25) is 0 Å². The Labute approximate surface area is 96.2 Å². The summed E-state index contributed by atoms with van der Waals surface area (Å²) in [4.78, 5) is 3.56. The van der Waals surface area contributed by atoms with E-state index in [2.05, 4.69) is 26.2 Å². The van der Waals surface area contributed by atoms with Gasteiger partial charge in [0, 0.05) is 12.1 Å². The zero-order valence-electron chi connectivity index (χ0n) is 8.17. The molecule has 1 atom stereocenters. The predicted molar refractivity (Wildman–Crippen MR) is 58.4 cm³/mol. The van der Waals surface area contributed by atoms with Crippen LogP contribution in [0.25, 0.3) is 0 Å². The first-order valence-electron chi connectivity index (χ1n) is 4.93. The molecule has 1 aliphatic rings. The average Bonchev–Trinajstić information content (AvgIpc) is 2.73. The van der Waals surface area contributed by atoms with Crippen LogP contribution in [0.5, 0.6) is 5.75 Å². The van der Waals surface area contributed by atoms with Gasteiger partial charge in [-0.1, -0.05) is 0 Å². The molecule has 0 spiro atoms. The number of nitrogens with zero attached hydrogens (tertiary/aromatic N) is 1. The van der Waals surface area contributed by atoms with Crippen molar-refractivity contribution in [3.63, 3.8) is 0 Å². The number of hydrogen-bond acceptors (Lipinski definition) is 3. The molecule has 2 heterocycles. The molecule has 0 radical (unpaired) electrons. The molecule has 0 aliphatic carbocycles. The van der Waals surface area contributed by atoms with E-state index in [1.165, 1.54) is 12.6 Å². The summed E-state index contributed by atoms with van der Waals surface area (Å²) >= 11 is 3.07. The normalized spacial score (nSPS) is 20.5. The molecule has 1 unspecified atom stereocenters. The van der Waals surface area contributed by atoms with Crippen molar-refractivity contribution in [2.24, 2.45) is 0 Å². The number of pyridine rings is 1. The highest BCUT2D eigenvalue weighted by Gasteiger charge is 2.14. The van der Waals surface area contributed by atoms with E-state index in [1.54, 1.807) is 6.07 Å². The van der Waals surface area contributed by atoms with Gasteiger partial charge in [-0.05, 0) is 35.3 Å². The van der Waals surface area contributed by atoms with Gasteiger partial charge in [-0.3, -0.25) is 0 Å². The Hall–Kier alpha value is -0.680. The third-order valence-electron chi connectivity index (χ3n) is 2.38. The summed E-state index contributed by atoms with van der Waals surface area (Å²) in [5.74, 6) is 0.0818. The van der Waals surface area contributed by atoms with Crippen molar-refractivity contribution in [3.8, 4) is 5.75 Å². The maximum absolute atomic E-state index is 12.8. The van der Waals surface area contributed by atoms with Gasteiger partial charge in [-0.15, -0.1) is 0 Å². The first kappa shape index (κ1) is 10.8. The topological polar surface area (TPSA) is 34.1 Å². The van der Waals surface area contributed by atoms with Crippen LogP contribution < -0.4 is 10.1 Å². The number of halogens is 2.